The van der Waals surface area contributed by atoms with E-state index in [0.717, 1.165) is 29.9 Å². The summed E-state index contributed by atoms with van der Waals surface area (Å²) in [4.78, 5) is 0. The Balaban J connectivity index is 2.50. The molecule has 0 saturated carbocycles. The van der Waals surface area contributed by atoms with Gasteiger partial charge in [-0.05, 0) is 18.6 Å². The fourth-order valence-corrected chi connectivity index (χ4v) is 1.97. The summed E-state index contributed by atoms with van der Waals surface area (Å²) in [5, 5.41) is 4.92. The monoisotopic (exact) mass is 235 g/mol. The van der Waals surface area contributed by atoms with E-state index in [1.165, 1.54) is 0 Å². The molecule has 0 spiro atoms. The van der Waals surface area contributed by atoms with Gasteiger partial charge in [-0.25, -0.2) is 0 Å². The first-order valence-electron chi connectivity index (χ1n) is 5.29. The van der Waals surface area contributed by atoms with Crippen molar-refractivity contribution in [2.24, 2.45) is 0 Å². The third kappa shape index (κ3) is 2.04. The fraction of sp³-hybridized carbons (Fsp3) is 0.250. The lowest BCUT2D eigenvalue weighted by molar-refractivity contribution is 0.609. The minimum Gasteiger partial charge on any atom is -0.399 e. The second kappa shape index (κ2) is 4.58. The van der Waals surface area contributed by atoms with Crippen LogP contribution in [0, 0.1) is 0 Å². The number of rotatable bonds is 3. The summed E-state index contributed by atoms with van der Waals surface area (Å²) in [5.41, 5.74) is 8.45. The van der Waals surface area contributed by atoms with Gasteiger partial charge in [0.1, 0.15) is 0 Å². The zero-order valence-corrected chi connectivity index (χ0v) is 9.91. The highest BCUT2D eigenvalue weighted by Gasteiger charge is 2.10. The maximum Gasteiger partial charge on any atom is 0.0869 e. The number of halogens is 1. The third-order valence-corrected chi connectivity index (χ3v) is 2.67. The summed E-state index contributed by atoms with van der Waals surface area (Å²) < 4.78 is 1.91. The number of hydrogen-bond acceptors (Lipinski definition) is 2. The SMILES string of the molecule is CCCn1ncc(Cl)c1-c1cccc(N)c1. The molecule has 0 unspecified atom stereocenters. The van der Waals surface area contributed by atoms with Crippen molar-refractivity contribution < 1.29 is 0 Å². The molecule has 0 amide bonds. The number of anilines is 1. The van der Waals surface area contributed by atoms with Crippen LogP contribution < -0.4 is 5.73 Å². The molecule has 1 aromatic carbocycles. The molecule has 2 rings (SSSR count). The Morgan fingerprint density at radius 1 is 1.44 bits per heavy atom. The lowest BCUT2D eigenvalue weighted by Crippen LogP contribution is -2.01. The highest BCUT2D eigenvalue weighted by molar-refractivity contribution is 6.33. The third-order valence-electron chi connectivity index (χ3n) is 2.39. The van der Waals surface area contributed by atoms with Gasteiger partial charge in [0.05, 0.1) is 16.9 Å². The average Bonchev–Trinajstić information content (AvgIpc) is 2.60. The number of nitrogen functional groups attached to an aromatic ring is 1. The molecule has 1 heterocycles. The van der Waals surface area contributed by atoms with E-state index < -0.39 is 0 Å². The molecule has 2 N–H and O–H groups in total. The number of aromatic nitrogens is 2. The summed E-state index contributed by atoms with van der Waals surface area (Å²) >= 11 is 6.14. The Morgan fingerprint density at radius 2 is 2.25 bits per heavy atom. The van der Waals surface area contributed by atoms with E-state index in [9.17, 15) is 0 Å². The summed E-state index contributed by atoms with van der Waals surface area (Å²) in [6.07, 6.45) is 2.70. The van der Waals surface area contributed by atoms with Gasteiger partial charge in [0, 0.05) is 17.8 Å². The lowest BCUT2D eigenvalue weighted by atomic mass is 10.1. The lowest BCUT2D eigenvalue weighted by Gasteiger charge is -2.07. The van der Waals surface area contributed by atoms with E-state index in [1.54, 1.807) is 6.20 Å². The second-order valence-corrected chi connectivity index (χ2v) is 4.10. The number of benzene rings is 1. The van der Waals surface area contributed by atoms with Crippen LogP contribution in [0.2, 0.25) is 5.02 Å². The zero-order chi connectivity index (χ0) is 11.5. The van der Waals surface area contributed by atoms with E-state index in [2.05, 4.69) is 12.0 Å². The molecule has 16 heavy (non-hydrogen) atoms. The van der Waals surface area contributed by atoms with Crippen LogP contribution in [0.5, 0.6) is 0 Å². The number of nitrogens with two attached hydrogens (primary N) is 1. The van der Waals surface area contributed by atoms with Gasteiger partial charge >= 0.3 is 0 Å². The molecule has 0 fully saturated rings. The van der Waals surface area contributed by atoms with Gasteiger partial charge in [0.2, 0.25) is 0 Å². The molecule has 0 saturated heterocycles. The predicted octanol–water partition coefficient (Wildman–Crippen LogP) is 3.20. The molecular formula is C12H14ClN3. The smallest absolute Gasteiger partial charge is 0.0869 e. The number of aryl methyl sites for hydroxylation is 1. The van der Waals surface area contributed by atoms with Crippen LogP contribution >= 0.6 is 11.6 Å². The summed E-state index contributed by atoms with van der Waals surface area (Å²) in [6, 6.07) is 7.68. The standard InChI is InChI=1S/C12H14ClN3/c1-2-6-16-12(11(13)8-15-16)9-4-3-5-10(14)7-9/h3-5,7-8H,2,6,14H2,1H3. The van der Waals surface area contributed by atoms with Gasteiger partial charge in [-0.2, -0.15) is 5.10 Å². The fourth-order valence-electron chi connectivity index (χ4n) is 1.72. The van der Waals surface area contributed by atoms with E-state index in [4.69, 9.17) is 17.3 Å². The average molecular weight is 236 g/mol. The van der Waals surface area contributed by atoms with Gasteiger partial charge in [0.15, 0.2) is 0 Å². The molecule has 3 nitrogen and oxygen atoms in total. The van der Waals surface area contributed by atoms with Crippen molar-refractivity contribution in [1.82, 2.24) is 9.78 Å². The Bertz CT molecular complexity index is 491. The van der Waals surface area contributed by atoms with Crippen LogP contribution in [0.3, 0.4) is 0 Å². The first-order valence-corrected chi connectivity index (χ1v) is 5.67. The predicted molar refractivity (Wildman–Crippen MR) is 67.4 cm³/mol. The van der Waals surface area contributed by atoms with Crippen LogP contribution in [0.25, 0.3) is 11.3 Å². The largest absolute Gasteiger partial charge is 0.399 e. The van der Waals surface area contributed by atoms with Gasteiger partial charge in [-0.3, -0.25) is 4.68 Å². The Labute approximate surface area is 99.8 Å². The summed E-state index contributed by atoms with van der Waals surface area (Å²) in [7, 11) is 0. The van der Waals surface area contributed by atoms with E-state index in [0.29, 0.717) is 5.02 Å². The first-order chi connectivity index (χ1) is 7.72. The van der Waals surface area contributed by atoms with Crippen molar-refractivity contribution in [2.45, 2.75) is 19.9 Å². The number of hydrogen-bond donors (Lipinski definition) is 1. The van der Waals surface area contributed by atoms with E-state index in [1.807, 2.05) is 28.9 Å². The van der Waals surface area contributed by atoms with Crippen molar-refractivity contribution in [2.75, 3.05) is 5.73 Å². The Morgan fingerprint density at radius 3 is 2.94 bits per heavy atom. The molecule has 0 atom stereocenters. The molecule has 0 aliphatic heterocycles. The maximum atomic E-state index is 6.14. The van der Waals surface area contributed by atoms with Crippen molar-refractivity contribution in [3.05, 3.63) is 35.5 Å². The van der Waals surface area contributed by atoms with E-state index >= 15 is 0 Å². The molecule has 1 aromatic heterocycles. The topological polar surface area (TPSA) is 43.8 Å². The van der Waals surface area contributed by atoms with Crippen LogP contribution in [-0.2, 0) is 6.54 Å². The first kappa shape index (κ1) is 11.0. The molecule has 0 bridgehead atoms. The second-order valence-electron chi connectivity index (χ2n) is 3.69. The maximum absolute atomic E-state index is 6.14. The molecule has 2 aromatic rings. The van der Waals surface area contributed by atoms with Crippen molar-refractivity contribution >= 4 is 17.3 Å². The molecule has 0 aliphatic carbocycles. The van der Waals surface area contributed by atoms with Crippen LogP contribution in [0.1, 0.15) is 13.3 Å². The van der Waals surface area contributed by atoms with Crippen molar-refractivity contribution in [3.63, 3.8) is 0 Å². The molecule has 0 aliphatic rings. The van der Waals surface area contributed by atoms with Gasteiger partial charge in [-0.15, -0.1) is 0 Å². The molecule has 4 heteroatoms. The van der Waals surface area contributed by atoms with Gasteiger partial charge in [-0.1, -0.05) is 30.7 Å². The minimum absolute atomic E-state index is 0.666. The zero-order valence-electron chi connectivity index (χ0n) is 9.15. The highest BCUT2D eigenvalue weighted by Crippen LogP contribution is 2.28. The highest BCUT2D eigenvalue weighted by atomic mass is 35.5. The van der Waals surface area contributed by atoms with Crippen molar-refractivity contribution in [1.29, 1.82) is 0 Å². The van der Waals surface area contributed by atoms with Gasteiger partial charge < -0.3 is 5.73 Å². The Hall–Kier alpha value is -1.48. The quantitative estimate of drug-likeness (QED) is 0.831. The molecular weight excluding hydrogens is 222 g/mol. The van der Waals surface area contributed by atoms with Crippen LogP contribution in [0.4, 0.5) is 5.69 Å². The molecule has 84 valence electrons. The summed E-state index contributed by atoms with van der Waals surface area (Å²) in [5.74, 6) is 0. The van der Waals surface area contributed by atoms with Crippen LogP contribution in [0.15, 0.2) is 30.5 Å². The van der Waals surface area contributed by atoms with Crippen molar-refractivity contribution in [3.8, 4) is 11.3 Å². The van der Waals surface area contributed by atoms with E-state index in [-0.39, 0.29) is 0 Å². The van der Waals surface area contributed by atoms with Crippen LogP contribution in [-0.4, -0.2) is 9.78 Å². The number of nitrogens with zero attached hydrogens (tertiary/aromatic N) is 2. The normalized spacial score (nSPS) is 10.6. The summed E-state index contributed by atoms with van der Waals surface area (Å²) in [6.45, 7) is 2.97. The molecule has 0 radical (unpaired) electrons. The Kier molecular flexibility index (Phi) is 3.15. The van der Waals surface area contributed by atoms with Gasteiger partial charge in [0.25, 0.3) is 0 Å². The minimum atomic E-state index is 0.666.